The first-order valence-corrected chi connectivity index (χ1v) is 10.4. The largest absolute Gasteiger partial charge is 0.481 e. The highest BCUT2D eigenvalue weighted by Crippen LogP contribution is 2.27. The van der Waals surface area contributed by atoms with Crippen molar-refractivity contribution in [3.05, 3.63) is 47.0 Å². The van der Waals surface area contributed by atoms with E-state index >= 15 is 0 Å². The second kappa shape index (κ2) is 11.3. The number of benzene rings is 1. The maximum atomic E-state index is 13.3. The first-order valence-electron chi connectivity index (χ1n) is 10.4. The summed E-state index contributed by atoms with van der Waals surface area (Å²) in [5.41, 5.74) is 0.892. The number of carbonyl (C=O) groups excluding carboxylic acids is 1. The number of alkyl halides is 3. The van der Waals surface area contributed by atoms with E-state index in [-0.39, 0.29) is 61.9 Å². The molecule has 1 N–H and O–H groups in total. The second-order valence-corrected chi connectivity index (χ2v) is 7.66. The molecule has 0 spiro atoms. The Bertz CT molecular complexity index is 838. The Balaban J connectivity index is 2.39. The van der Waals surface area contributed by atoms with Gasteiger partial charge in [0.15, 0.2) is 5.90 Å². The molecule has 1 atom stereocenters. The van der Waals surface area contributed by atoms with Crippen LogP contribution in [0.1, 0.15) is 32.8 Å². The fourth-order valence-corrected chi connectivity index (χ4v) is 3.44. The van der Waals surface area contributed by atoms with Crippen molar-refractivity contribution in [2.45, 2.75) is 39.8 Å². The summed E-state index contributed by atoms with van der Waals surface area (Å²) >= 11 is 0. The molecule has 1 aliphatic rings. The highest BCUT2D eigenvalue weighted by molar-refractivity contribution is 5.95. The molecule has 0 radical (unpaired) electrons. The highest BCUT2D eigenvalue weighted by Gasteiger charge is 2.37. The van der Waals surface area contributed by atoms with Crippen molar-refractivity contribution in [1.82, 2.24) is 9.80 Å². The van der Waals surface area contributed by atoms with Crippen LogP contribution in [0.25, 0.3) is 0 Å². The van der Waals surface area contributed by atoms with E-state index in [1.807, 2.05) is 0 Å². The van der Waals surface area contributed by atoms with E-state index in [9.17, 15) is 22.4 Å². The number of aliphatic hydroxyl groups is 1. The van der Waals surface area contributed by atoms with Crippen LogP contribution in [-0.2, 0) is 16.0 Å². The van der Waals surface area contributed by atoms with Gasteiger partial charge >= 0.3 is 6.18 Å². The molecule has 1 heterocycles. The molecule has 0 fully saturated rings. The summed E-state index contributed by atoms with van der Waals surface area (Å²) in [6, 6.07) is 5.91. The minimum Gasteiger partial charge on any atom is -0.481 e. The molecule has 1 amide bonds. The zero-order valence-corrected chi connectivity index (χ0v) is 18.5. The monoisotopic (exact) mass is 459 g/mol. The number of hydrogen-bond donors (Lipinski definition) is 1. The number of amides is 1. The van der Waals surface area contributed by atoms with Crippen LogP contribution in [0.2, 0.25) is 0 Å². The highest BCUT2D eigenvalue weighted by atomic mass is 19.4. The van der Waals surface area contributed by atoms with Gasteiger partial charge in [-0.25, -0.2) is 4.39 Å². The van der Waals surface area contributed by atoms with Crippen molar-refractivity contribution in [1.29, 1.82) is 0 Å². The third-order valence-corrected chi connectivity index (χ3v) is 4.93. The number of aliphatic imine (C=N–C) groups is 1. The van der Waals surface area contributed by atoms with E-state index in [4.69, 9.17) is 9.84 Å². The summed E-state index contributed by atoms with van der Waals surface area (Å²) in [5, 5.41) is 9.03. The Labute approximate surface area is 185 Å². The van der Waals surface area contributed by atoms with Crippen molar-refractivity contribution < 1.29 is 32.2 Å². The summed E-state index contributed by atoms with van der Waals surface area (Å²) < 4.78 is 58.6. The first kappa shape index (κ1) is 25.6. The quantitative estimate of drug-likeness (QED) is 0.347. The number of rotatable bonds is 9. The van der Waals surface area contributed by atoms with Gasteiger partial charge in [-0.15, -0.1) is 0 Å². The molecule has 1 unspecified atom stereocenters. The number of hydrogen-bond acceptors (Lipinski definition) is 5. The topological polar surface area (TPSA) is 65.4 Å². The van der Waals surface area contributed by atoms with Gasteiger partial charge in [-0.1, -0.05) is 19.1 Å². The predicted molar refractivity (Wildman–Crippen MR) is 112 cm³/mol. The number of carbonyl (C=O) groups is 1. The molecular weight excluding hydrogens is 430 g/mol. The Kier molecular flexibility index (Phi) is 9.06. The van der Waals surface area contributed by atoms with Gasteiger partial charge in [-0.3, -0.25) is 4.79 Å². The van der Waals surface area contributed by atoms with Gasteiger partial charge in [-0.2, -0.15) is 18.2 Å². The van der Waals surface area contributed by atoms with Gasteiger partial charge in [-0.05, 0) is 44.4 Å². The van der Waals surface area contributed by atoms with Crippen LogP contribution in [0.3, 0.4) is 0 Å². The van der Waals surface area contributed by atoms with E-state index in [2.05, 4.69) is 4.99 Å². The number of nitrogens with zero attached hydrogens (tertiary/aromatic N) is 3. The third kappa shape index (κ3) is 7.22. The minimum atomic E-state index is -4.50. The van der Waals surface area contributed by atoms with E-state index in [0.717, 1.165) is 10.5 Å². The molecule has 1 aromatic rings. The van der Waals surface area contributed by atoms with Crippen LogP contribution in [-0.4, -0.2) is 65.9 Å². The maximum absolute atomic E-state index is 13.3. The second-order valence-electron chi connectivity index (χ2n) is 7.66. The molecule has 0 bridgehead atoms. The van der Waals surface area contributed by atoms with E-state index in [1.165, 1.54) is 24.0 Å². The molecule has 6 nitrogen and oxygen atoms in total. The van der Waals surface area contributed by atoms with Crippen LogP contribution in [0, 0.1) is 11.7 Å². The van der Waals surface area contributed by atoms with Gasteiger partial charge in [0, 0.05) is 19.1 Å². The Morgan fingerprint density at radius 2 is 1.91 bits per heavy atom. The molecule has 0 aliphatic carbocycles. The van der Waals surface area contributed by atoms with Crippen molar-refractivity contribution in [3.8, 4) is 0 Å². The summed E-state index contributed by atoms with van der Waals surface area (Å²) in [7, 11) is 0. The van der Waals surface area contributed by atoms with Gasteiger partial charge in [0.25, 0.3) is 5.91 Å². The summed E-state index contributed by atoms with van der Waals surface area (Å²) in [4.78, 5) is 19.4. The SMILES string of the molecule is CCOC(=NC1=C(C)C(=O)N(CCCO)CN1CC(F)(F)F)C(C)Cc1ccc(F)cc1. The van der Waals surface area contributed by atoms with Gasteiger partial charge < -0.3 is 19.6 Å². The summed E-state index contributed by atoms with van der Waals surface area (Å²) in [6.45, 7) is 3.61. The Hall–Kier alpha value is -2.62. The number of aliphatic hydroxyl groups excluding tert-OH is 1. The lowest BCUT2D eigenvalue weighted by atomic mass is 10.0. The molecule has 0 saturated heterocycles. The average Bonchev–Trinajstić information content (AvgIpc) is 2.72. The lowest BCUT2D eigenvalue weighted by molar-refractivity contribution is -0.153. The molecule has 10 heteroatoms. The van der Waals surface area contributed by atoms with Crippen LogP contribution in [0.15, 0.2) is 40.7 Å². The van der Waals surface area contributed by atoms with Crippen molar-refractivity contribution >= 4 is 11.8 Å². The third-order valence-electron chi connectivity index (χ3n) is 4.93. The van der Waals surface area contributed by atoms with Crippen molar-refractivity contribution in [3.63, 3.8) is 0 Å². The summed E-state index contributed by atoms with van der Waals surface area (Å²) in [5.74, 6) is -0.999. The van der Waals surface area contributed by atoms with E-state index in [0.29, 0.717) is 6.42 Å². The zero-order valence-electron chi connectivity index (χ0n) is 18.5. The van der Waals surface area contributed by atoms with E-state index < -0.39 is 18.6 Å². The van der Waals surface area contributed by atoms with Crippen LogP contribution >= 0.6 is 0 Å². The normalized spacial score (nSPS) is 16.6. The molecule has 178 valence electrons. The molecular formula is C22H29F4N3O3. The average molecular weight is 459 g/mol. The lowest BCUT2D eigenvalue weighted by Crippen LogP contribution is -2.49. The van der Waals surface area contributed by atoms with Crippen LogP contribution in [0.4, 0.5) is 17.6 Å². The minimum absolute atomic E-state index is 0.0737. The van der Waals surface area contributed by atoms with Crippen molar-refractivity contribution in [2.75, 3.05) is 33.0 Å². The van der Waals surface area contributed by atoms with Gasteiger partial charge in [0.2, 0.25) is 0 Å². The fourth-order valence-electron chi connectivity index (χ4n) is 3.44. The number of halogens is 4. The molecule has 1 aliphatic heterocycles. The molecule has 0 aromatic heterocycles. The molecule has 0 saturated carbocycles. The Morgan fingerprint density at radius 3 is 2.47 bits per heavy atom. The van der Waals surface area contributed by atoms with Crippen LogP contribution in [0.5, 0.6) is 0 Å². The van der Waals surface area contributed by atoms with Crippen molar-refractivity contribution in [2.24, 2.45) is 10.9 Å². The number of ether oxygens (including phenoxy) is 1. The zero-order chi connectivity index (χ0) is 23.9. The first-order chi connectivity index (χ1) is 15.1. The maximum Gasteiger partial charge on any atom is 0.406 e. The molecule has 32 heavy (non-hydrogen) atoms. The predicted octanol–water partition coefficient (Wildman–Crippen LogP) is 3.72. The standard InChI is InChI=1S/C22H29F4N3O3/c1-4-32-20(15(2)12-17-6-8-18(23)9-7-17)27-19-16(3)21(31)28(10-5-11-30)14-29(19)13-22(24,25)26/h6-9,15,30H,4-5,10-14H2,1-3H3. The smallest absolute Gasteiger partial charge is 0.406 e. The van der Waals surface area contributed by atoms with E-state index in [1.54, 1.807) is 26.0 Å². The summed E-state index contributed by atoms with van der Waals surface area (Å²) in [6.07, 6.45) is -3.81. The molecule has 1 aromatic carbocycles. The Morgan fingerprint density at radius 1 is 1.25 bits per heavy atom. The van der Waals surface area contributed by atoms with Crippen LogP contribution < -0.4 is 0 Å². The fraction of sp³-hybridized carbons (Fsp3) is 0.545. The lowest BCUT2D eigenvalue weighted by Gasteiger charge is -2.38. The van der Waals surface area contributed by atoms with Gasteiger partial charge in [0.1, 0.15) is 18.2 Å². The van der Waals surface area contributed by atoms with Gasteiger partial charge in [0.05, 0.1) is 18.8 Å². The molecule has 2 rings (SSSR count).